The third-order valence-electron chi connectivity index (χ3n) is 8.28. The first kappa shape index (κ1) is 27.6. The molecule has 208 valence electrons. The van der Waals surface area contributed by atoms with Crippen LogP contribution >= 0.6 is 0 Å². The van der Waals surface area contributed by atoms with Gasteiger partial charge in [-0.3, -0.25) is 4.79 Å². The molecule has 3 aliphatic carbocycles. The van der Waals surface area contributed by atoms with E-state index in [9.17, 15) is 31.5 Å². The normalized spacial score (nSPS) is 25.3. The van der Waals surface area contributed by atoms with E-state index in [2.05, 4.69) is 0 Å². The fraction of sp³-hybridized carbons (Fsp3) is 0.414. The quantitative estimate of drug-likeness (QED) is 0.360. The van der Waals surface area contributed by atoms with Crippen molar-refractivity contribution in [3.8, 4) is 0 Å². The van der Waals surface area contributed by atoms with Crippen LogP contribution in [0, 0.1) is 11.8 Å². The number of carboxylic acid groups (broad SMARTS) is 1. The predicted octanol–water partition coefficient (Wildman–Crippen LogP) is 6.10. The fourth-order valence-corrected chi connectivity index (χ4v) is 8.19. The average Bonchev–Trinajstić information content (AvgIpc) is 2.91. The molecular formula is C29H30F3NO5S. The summed E-state index contributed by atoms with van der Waals surface area (Å²) in [5.74, 6) is -2.03. The van der Waals surface area contributed by atoms with Crippen LogP contribution in [0.1, 0.15) is 43.7 Å². The number of sulfonamides is 1. The molecule has 0 spiro atoms. The second-order valence-electron chi connectivity index (χ2n) is 10.4. The number of carboxylic acids is 1. The maximum atomic E-state index is 14.2. The van der Waals surface area contributed by atoms with E-state index in [1.165, 1.54) is 10.4 Å². The fourth-order valence-electron chi connectivity index (χ4n) is 6.48. The molecule has 39 heavy (non-hydrogen) atoms. The van der Waals surface area contributed by atoms with Crippen molar-refractivity contribution in [2.75, 3.05) is 6.61 Å². The third-order valence-corrected chi connectivity index (χ3v) is 10.2. The topological polar surface area (TPSA) is 83.9 Å². The molecule has 0 radical (unpaired) electrons. The van der Waals surface area contributed by atoms with Crippen molar-refractivity contribution in [1.82, 2.24) is 4.31 Å². The molecule has 0 amide bonds. The van der Waals surface area contributed by atoms with Crippen molar-refractivity contribution in [1.29, 1.82) is 0 Å². The van der Waals surface area contributed by atoms with E-state index in [0.717, 1.165) is 22.9 Å². The largest absolute Gasteiger partial charge is 0.481 e. The lowest BCUT2D eigenvalue weighted by molar-refractivity contribution is -0.187. The number of halogens is 3. The van der Waals surface area contributed by atoms with Crippen LogP contribution in [0.15, 0.2) is 71.6 Å². The van der Waals surface area contributed by atoms with E-state index < -0.39 is 50.2 Å². The molecule has 1 unspecified atom stereocenters. The van der Waals surface area contributed by atoms with Gasteiger partial charge in [0.05, 0.1) is 22.0 Å². The molecule has 6 nitrogen and oxygen atoms in total. The van der Waals surface area contributed by atoms with Crippen LogP contribution in [0.3, 0.4) is 0 Å². The Morgan fingerprint density at radius 1 is 1.10 bits per heavy atom. The number of rotatable bonds is 8. The van der Waals surface area contributed by atoms with Crippen molar-refractivity contribution in [3.63, 3.8) is 0 Å². The first-order valence-corrected chi connectivity index (χ1v) is 14.4. The van der Waals surface area contributed by atoms with E-state index in [4.69, 9.17) is 4.74 Å². The second kappa shape index (κ2) is 10.2. The van der Waals surface area contributed by atoms with Gasteiger partial charge in [-0.1, -0.05) is 48.5 Å². The Morgan fingerprint density at radius 3 is 2.54 bits per heavy atom. The molecule has 2 bridgehead atoms. The van der Waals surface area contributed by atoms with Gasteiger partial charge in [-0.05, 0) is 73.1 Å². The molecule has 0 heterocycles. The van der Waals surface area contributed by atoms with Crippen molar-refractivity contribution in [2.45, 2.75) is 61.9 Å². The summed E-state index contributed by atoms with van der Waals surface area (Å²) in [4.78, 5) is 11.7. The summed E-state index contributed by atoms with van der Waals surface area (Å²) < 4.78 is 76.4. The SMILES string of the molecule is CCO[C@]12CC[C@H](C[C@H]1C(=O)O)C(N(Cc1cccc3ccccc13)S(=O)(=O)c1cccc(C(F)(F)F)c1)C2. The second-order valence-corrected chi connectivity index (χ2v) is 12.3. The molecule has 3 aromatic rings. The summed E-state index contributed by atoms with van der Waals surface area (Å²) in [5, 5.41) is 11.7. The van der Waals surface area contributed by atoms with Gasteiger partial charge in [0.15, 0.2) is 0 Å². The predicted molar refractivity (Wildman–Crippen MR) is 139 cm³/mol. The van der Waals surface area contributed by atoms with Gasteiger partial charge in [-0.25, -0.2) is 8.42 Å². The maximum absolute atomic E-state index is 14.2. The number of benzene rings is 3. The molecule has 3 aromatic carbocycles. The molecule has 0 saturated heterocycles. The van der Waals surface area contributed by atoms with Crippen LogP contribution < -0.4 is 0 Å². The van der Waals surface area contributed by atoms with Crippen LogP contribution in [0.2, 0.25) is 0 Å². The van der Waals surface area contributed by atoms with E-state index in [0.29, 0.717) is 24.5 Å². The van der Waals surface area contributed by atoms with Gasteiger partial charge >= 0.3 is 12.1 Å². The minimum absolute atomic E-state index is 0.0684. The van der Waals surface area contributed by atoms with Gasteiger partial charge < -0.3 is 9.84 Å². The highest BCUT2D eigenvalue weighted by Crippen LogP contribution is 2.53. The van der Waals surface area contributed by atoms with Gasteiger partial charge in [0, 0.05) is 19.2 Å². The number of hydrogen-bond donors (Lipinski definition) is 1. The molecule has 6 rings (SSSR count). The summed E-state index contributed by atoms with van der Waals surface area (Å²) in [6.45, 7) is 1.97. The summed E-state index contributed by atoms with van der Waals surface area (Å²) in [5.41, 5.74) is -1.37. The Bertz CT molecular complexity index is 1480. The van der Waals surface area contributed by atoms with E-state index in [1.54, 1.807) is 6.92 Å². The van der Waals surface area contributed by atoms with E-state index >= 15 is 0 Å². The van der Waals surface area contributed by atoms with Crippen molar-refractivity contribution in [2.24, 2.45) is 11.8 Å². The average molecular weight is 562 g/mol. The molecule has 3 fully saturated rings. The van der Waals surface area contributed by atoms with Crippen LogP contribution in [-0.2, 0) is 32.3 Å². The number of fused-ring (bicyclic) bond motifs is 4. The third kappa shape index (κ3) is 5.05. The Kier molecular flexibility index (Phi) is 7.24. The van der Waals surface area contributed by atoms with Crippen molar-refractivity contribution < 1.29 is 36.2 Å². The zero-order valence-electron chi connectivity index (χ0n) is 21.4. The molecular weight excluding hydrogens is 531 g/mol. The monoisotopic (exact) mass is 561 g/mol. The first-order valence-electron chi connectivity index (χ1n) is 13.0. The summed E-state index contributed by atoms with van der Waals surface area (Å²) in [6.07, 6.45) is -3.25. The van der Waals surface area contributed by atoms with Gasteiger partial charge in [0.2, 0.25) is 10.0 Å². The van der Waals surface area contributed by atoms with Crippen molar-refractivity contribution >= 4 is 26.8 Å². The Hall–Kier alpha value is -2.95. The van der Waals surface area contributed by atoms with Gasteiger partial charge in [0.1, 0.15) is 0 Å². The summed E-state index contributed by atoms with van der Waals surface area (Å²) >= 11 is 0. The highest BCUT2D eigenvalue weighted by molar-refractivity contribution is 7.89. The molecule has 3 aliphatic rings. The van der Waals surface area contributed by atoms with E-state index in [1.807, 2.05) is 42.5 Å². The zero-order chi connectivity index (χ0) is 28.0. The lowest BCUT2D eigenvalue weighted by atomic mass is 9.59. The van der Waals surface area contributed by atoms with Gasteiger partial charge in [-0.15, -0.1) is 0 Å². The molecule has 10 heteroatoms. The van der Waals surface area contributed by atoms with Crippen LogP contribution in [-0.4, -0.2) is 42.0 Å². The molecule has 3 saturated carbocycles. The number of hydrogen-bond acceptors (Lipinski definition) is 4. The number of nitrogens with zero attached hydrogens (tertiary/aromatic N) is 1. The number of carbonyl (C=O) groups is 1. The summed E-state index contributed by atoms with van der Waals surface area (Å²) in [6, 6.07) is 16.2. The Morgan fingerprint density at radius 2 is 1.82 bits per heavy atom. The van der Waals surface area contributed by atoms with Crippen LogP contribution in [0.5, 0.6) is 0 Å². The Labute approximate surface area is 225 Å². The lowest BCUT2D eigenvalue weighted by Crippen LogP contribution is -2.62. The zero-order valence-corrected chi connectivity index (χ0v) is 22.2. The highest BCUT2D eigenvalue weighted by Gasteiger charge is 2.58. The number of aliphatic carboxylic acids is 1. The standard InChI is InChI=1S/C29H30F3NO5S/c1-2-38-28-14-13-20(15-25(28)27(34)35)26(17-28)33(18-21-9-5-8-19-7-3-4-12-24(19)21)39(36,37)23-11-6-10-22(16-23)29(30,31)32/h3-12,16,20,25-26H,2,13-15,17-18H2,1H3,(H,34,35)/t20-,25+,26?,28+/m1/s1. The minimum Gasteiger partial charge on any atom is -0.481 e. The molecule has 0 aromatic heterocycles. The minimum atomic E-state index is -4.70. The van der Waals surface area contributed by atoms with Crippen molar-refractivity contribution in [3.05, 3.63) is 77.9 Å². The van der Waals surface area contributed by atoms with Gasteiger partial charge in [0.25, 0.3) is 0 Å². The molecule has 1 N–H and O–H groups in total. The van der Waals surface area contributed by atoms with Crippen LogP contribution in [0.4, 0.5) is 13.2 Å². The lowest BCUT2D eigenvalue weighted by Gasteiger charge is -2.55. The number of alkyl halides is 3. The number of ether oxygens (including phenoxy) is 1. The van der Waals surface area contributed by atoms with Gasteiger partial charge in [-0.2, -0.15) is 17.5 Å². The Balaban J connectivity index is 1.63. The maximum Gasteiger partial charge on any atom is 0.416 e. The van der Waals surface area contributed by atoms with Crippen LogP contribution in [0.25, 0.3) is 10.8 Å². The van der Waals surface area contributed by atoms with E-state index in [-0.39, 0.29) is 31.9 Å². The molecule has 0 aliphatic heterocycles. The smallest absolute Gasteiger partial charge is 0.416 e. The first-order chi connectivity index (χ1) is 18.5. The molecule has 4 atom stereocenters. The summed E-state index contributed by atoms with van der Waals surface area (Å²) in [7, 11) is -4.42. The highest BCUT2D eigenvalue weighted by atomic mass is 32.2.